The molecule has 0 radical (unpaired) electrons. The Morgan fingerprint density at radius 2 is 1.49 bits per heavy atom. The average molecular weight is 711 g/mol. The molecule has 1 aromatic carbocycles. The normalized spacial score (nSPS) is 16.0. The summed E-state index contributed by atoms with van der Waals surface area (Å²) in [6.45, 7) is 14.5. The Bertz CT molecular complexity index is 1510. The molecule has 6 amide bonds. The third-order valence-electron chi connectivity index (χ3n) is 9.00. The lowest BCUT2D eigenvalue weighted by Crippen LogP contribution is -2.61. The lowest BCUT2D eigenvalue weighted by atomic mass is 9.76. The molecule has 0 aliphatic carbocycles. The van der Waals surface area contributed by atoms with E-state index in [9.17, 15) is 38.7 Å². The number of benzene rings is 1. The summed E-state index contributed by atoms with van der Waals surface area (Å²) in [4.78, 5) is 91.3. The maximum Gasteiger partial charge on any atom is 0.326 e. The predicted molar refractivity (Wildman–Crippen MR) is 192 cm³/mol. The molecule has 2 rings (SSSR count). The van der Waals surface area contributed by atoms with E-state index in [1.165, 1.54) is 11.8 Å². The Morgan fingerprint density at radius 1 is 0.922 bits per heavy atom. The predicted octanol–water partition coefficient (Wildman–Crippen LogP) is 1.51. The van der Waals surface area contributed by atoms with Crippen LogP contribution in [0.4, 0.5) is 0 Å². The molecule has 5 N–H and O–H groups in total. The molecule has 0 fully saturated rings. The van der Waals surface area contributed by atoms with Crippen LogP contribution in [0.25, 0.3) is 0 Å². The molecule has 14 nitrogen and oxygen atoms in total. The van der Waals surface area contributed by atoms with Crippen LogP contribution in [0, 0.1) is 11.3 Å². The summed E-state index contributed by atoms with van der Waals surface area (Å²) in [7, 11) is 3.29. The first-order valence-corrected chi connectivity index (χ1v) is 17.0. The molecule has 14 heteroatoms. The maximum absolute atomic E-state index is 14.1. The lowest BCUT2D eigenvalue weighted by molar-refractivity contribution is -0.143. The minimum absolute atomic E-state index is 0.0906. The van der Waals surface area contributed by atoms with Crippen molar-refractivity contribution in [1.29, 1.82) is 0 Å². The highest BCUT2D eigenvalue weighted by molar-refractivity contribution is 6.12. The van der Waals surface area contributed by atoms with Gasteiger partial charge in [-0.05, 0) is 30.9 Å². The largest absolute Gasteiger partial charge is 0.480 e. The lowest BCUT2D eigenvalue weighted by Gasteiger charge is -2.40. The molecule has 1 aliphatic heterocycles. The van der Waals surface area contributed by atoms with E-state index >= 15 is 0 Å². The van der Waals surface area contributed by atoms with Crippen molar-refractivity contribution in [1.82, 2.24) is 31.1 Å². The van der Waals surface area contributed by atoms with Gasteiger partial charge in [-0.25, -0.2) is 4.79 Å². The molecule has 0 bridgehead atoms. The van der Waals surface area contributed by atoms with Crippen LogP contribution in [-0.4, -0.2) is 108 Å². The van der Waals surface area contributed by atoms with Crippen LogP contribution in [0.3, 0.4) is 0 Å². The third kappa shape index (κ3) is 11.3. The number of nitrogens with zero attached hydrogens (tertiary/aromatic N) is 2. The van der Waals surface area contributed by atoms with E-state index < -0.39 is 71.0 Å². The summed E-state index contributed by atoms with van der Waals surface area (Å²) in [5, 5.41) is 20.6. The molecule has 0 saturated carbocycles. The van der Waals surface area contributed by atoms with Gasteiger partial charge in [-0.2, -0.15) is 0 Å². The van der Waals surface area contributed by atoms with Crippen molar-refractivity contribution >= 4 is 41.4 Å². The van der Waals surface area contributed by atoms with Crippen LogP contribution in [0.15, 0.2) is 54.1 Å². The number of carboxylic acid groups (broad SMARTS) is 1. The second-order valence-corrected chi connectivity index (χ2v) is 14.7. The SMILES string of the molecule is CN[C@H](C(=O)N[C@H](C(=O)N(C)[C@H](/C=C(\C)C(=O)N[C@H](CC(=O)NCCN1C(=O)C=CC1=O)C(=O)O)C(C)C)C(C)(C)C)C(C)(C)c1ccccc1. The molecule has 51 heavy (non-hydrogen) atoms. The quantitative estimate of drug-likeness (QED) is 0.118. The molecule has 0 spiro atoms. The molecule has 280 valence electrons. The number of carbonyl (C=O) groups excluding carboxylic acids is 6. The first kappa shape index (κ1) is 42.3. The highest BCUT2D eigenvalue weighted by atomic mass is 16.4. The van der Waals surface area contributed by atoms with E-state index in [-0.39, 0.29) is 36.4 Å². The molecule has 0 saturated heterocycles. The van der Waals surface area contributed by atoms with Gasteiger partial charge in [0.1, 0.15) is 12.1 Å². The number of hydrogen-bond donors (Lipinski definition) is 5. The van der Waals surface area contributed by atoms with Gasteiger partial charge in [-0.3, -0.25) is 33.7 Å². The zero-order valence-corrected chi connectivity index (χ0v) is 31.3. The van der Waals surface area contributed by atoms with E-state index in [0.717, 1.165) is 22.6 Å². The smallest absolute Gasteiger partial charge is 0.326 e. The number of likely N-dealkylation sites (N-methyl/N-ethyl adjacent to an activating group) is 2. The van der Waals surface area contributed by atoms with E-state index in [4.69, 9.17) is 0 Å². The highest BCUT2D eigenvalue weighted by Crippen LogP contribution is 2.29. The van der Waals surface area contributed by atoms with Gasteiger partial charge < -0.3 is 31.3 Å². The summed E-state index contributed by atoms with van der Waals surface area (Å²) in [6, 6.07) is 5.81. The molecular formula is C37H54N6O8. The molecule has 4 atom stereocenters. The molecular weight excluding hydrogens is 656 g/mol. The molecule has 1 heterocycles. The van der Waals surface area contributed by atoms with Crippen LogP contribution in [-0.2, 0) is 39.0 Å². The maximum atomic E-state index is 14.1. The van der Waals surface area contributed by atoms with Crippen molar-refractivity contribution in [2.75, 3.05) is 27.2 Å². The first-order chi connectivity index (χ1) is 23.6. The Balaban J connectivity index is 2.18. The van der Waals surface area contributed by atoms with Gasteiger partial charge in [0.05, 0.1) is 18.5 Å². The zero-order valence-electron chi connectivity index (χ0n) is 31.3. The second kappa shape index (κ2) is 17.9. The van der Waals surface area contributed by atoms with Crippen LogP contribution in [0.2, 0.25) is 0 Å². The number of nitrogens with one attached hydrogen (secondary N) is 4. The fraction of sp³-hybridized carbons (Fsp3) is 0.541. The fourth-order valence-electron chi connectivity index (χ4n) is 5.85. The van der Waals surface area contributed by atoms with Gasteiger partial charge in [0.25, 0.3) is 11.8 Å². The Hall–Kier alpha value is -4.85. The fourth-order valence-corrected chi connectivity index (χ4v) is 5.85. The number of imide groups is 1. The molecule has 0 aromatic heterocycles. The number of carbonyl (C=O) groups is 7. The Labute approximate surface area is 300 Å². The van der Waals surface area contributed by atoms with Crippen LogP contribution < -0.4 is 21.3 Å². The van der Waals surface area contributed by atoms with E-state index in [2.05, 4.69) is 21.3 Å². The number of rotatable bonds is 17. The topological polar surface area (TPSA) is 194 Å². The second-order valence-electron chi connectivity index (χ2n) is 14.7. The summed E-state index contributed by atoms with van der Waals surface area (Å²) in [5.74, 6) is -4.82. The summed E-state index contributed by atoms with van der Waals surface area (Å²) >= 11 is 0. The minimum atomic E-state index is -1.57. The van der Waals surface area contributed by atoms with Crippen LogP contribution >= 0.6 is 0 Å². The standard InChI is InChI=1S/C37H54N6O8/c1-22(2)26(20-23(3)32(47)40-25(35(50)51)21-27(44)39-18-19-43-28(45)16-17-29(43)46)42(10)34(49)31(36(4,5)6)41-33(48)30(38-9)37(7,8)24-14-12-11-13-15-24/h11-17,20,22,25-26,30-31,38H,18-19,21H2,1-10H3,(H,39,44)(H,40,47)(H,41,48)(H,50,51)/b23-20+/t25-,26-,30-,31-/m1/s1. The van der Waals surface area contributed by atoms with Gasteiger partial charge in [-0.15, -0.1) is 0 Å². The zero-order chi connectivity index (χ0) is 38.8. The van der Waals surface area contributed by atoms with Crippen molar-refractivity contribution < 1.29 is 38.7 Å². The summed E-state index contributed by atoms with van der Waals surface area (Å²) in [5.41, 5.74) is -0.244. The average Bonchev–Trinajstić information content (AvgIpc) is 3.37. The van der Waals surface area contributed by atoms with E-state index in [1.807, 2.05) is 78.8 Å². The number of amides is 6. The van der Waals surface area contributed by atoms with Gasteiger partial charge in [-0.1, -0.05) is 84.9 Å². The summed E-state index contributed by atoms with van der Waals surface area (Å²) < 4.78 is 0. The van der Waals surface area contributed by atoms with Crippen molar-refractivity contribution in [3.8, 4) is 0 Å². The first-order valence-electron chi connectivity index (χ1n) is 17.0. The van der Waals surface area contributed by atoms with Crippen molar-refractivity contribution in [3.05, 3.63) is 59.7 Å². The molecule has 0 unspecified atom stereocenters. The van der Waals surface area contributed by atoms with E-state index in [1.54, 1.807) is 20.2 Å². The van der Waals surface area contributed by atoms with E-state index in [0.29, 0.717) is 0 Å². The van der Waals surface area contributed by atoms with Crippen molar-refractivity contribution in [3.63, 3.8) is 0 Å². The van der Waals surface area contributed by atoms with Crippen molar-refractivity contribution in [2.24, 2.45) is 11.3 Å². The monoisotopic (exact) mass is 710 g/mol. The van der Waals surface area contributed by atoms with Crippen LogP contribution in [0.5, 0.6) is 0 Å². The highest BCUT2D eigenvalue weighted by Gasteiger charge is 2.41. The van der Waals surface area contributed by atoms with Crippen molar-refractivity contribution in [2.45, 2.75) is 91.4 Å². The minimum Gasteiger partial charge on any atom is -0.480 e. The number of carboxylic acids is 1. The number of aliphatic carboxylic acids is 1. The third-order valence-corrected chi connectivity index (χ3v) is 9.00. The summed E-state index contributed by atoms with van der Waals surface area (Å²) in [6.07, 6.45) is 3.19. The Morgan fingerprint density at radius 3 is 1.98 bits per heavy atom. The van der Waals surface area contributed by atoms with Crippen LogP contribution in [0.1, 0.15) is 67.4 Å². The van der Waals surface area contributed by atoms with Gasteiger partial charge in [0.15, 0.2) is 0 Å². The van der Waals surface area contributed by atoms with Gasteiger partial charge >= 0.3 is 5.97 Å². The Kier molecular flexibility index (Phi) is 14.8. The van der Waals surface area contributed by atoms with Gasteiger partial charge in [0, 0.05) is 43.3 Å². The molecule has 1 aliphatic rings. The number of hydrogen-bond acceptors (Lipinski definition) is 8. The molecule has 1 aromatic rings. The van der Waals surface area contributed by atoms with Gasteiger partial charge in [0.2, 0.25) is 23.6 Å².